The minimum absolute atomic E-state index is 0.178. The maximum atomic E-state index is 12.1. The van der Waals surface area contributed by atoms with Gasteiger partial charge in [-0.1, -0.05) is 19.1 Å². The molecule has 0 saturated heterocycles. The highest BCUT2D eigenvalue weighted by Gasteiger charge is 2.02. The van der Waals surface area contributed by atoms with Gasteiger partial charge in [0, 0.05) is 18.5 Å². The normalized spacial score (nSPS) is 11.1. The number of fused-ring (bicyclic) bond motifs is 1. The number of benzene rings is 1. The second kappa shape index (κ2) is 7.66. The second-order valence-corrected chi connectivity index (χ2v) is 5.81. The lowest BCUT2D eigenvalue weighted by atomic mass is 10.2. The zero-order valence-corrected chi connectivity index (χ0v) is 14.4. The Kier molecular flexibility index (Phi) is 5.14. The Morgan fingerprint density at radius 3 is 2.76 bits per heavy atom. The van der Waals surface area contributed by atoms with Crippen molar-refractivity contribution in [3.05, 3.63) is 66.1 Å². The summed E-state index contributed by atoms with van der Waals surface area (Å²) in [5.41, 5.74) is 3.47. The number of ether oxygens (including phenoxy) is 1. The molecule has 1 N–H and O–H groups in total. The average molecular weight is 335 g/mol. The van der Waals surface area contributed by atoms with Crippen molar-refractivity contribution in [1.82, 2.24) is 9.38 Å². The molecule has 0 aliphatic carbocycles. The quantitative estimate of drug-likeness (QED) is 0.691. The third-order valence-corrected chi connectivity index (χ3v) is 3.62. The molecule has 1 aromatic carbocycles. The summed E-state index contributed by atoms with van der Waals surface area (Å²) in [5, 5.41) is 2.85. The number of imidazole rings is 1. The molecule has 0 unspecified atom stereocenters. The molecule has 128 valence electrons. The number of aryl methyl sites for hydroxylation is 1. The first-order valence-electron chi connectivity index (χ1n) is 8.31. The Hall–Kier alpha value is -3.08. The Bertz CT molecular complexity index is 895. The number of aromatic nitrogens is 2. The van der Waals surface area contributed by atoms with Gasteiger partial charge in [0.1, 0.15) is 11.4 Å². The molecule has 2 heterocycles. The first kappa shape index (κ1) is 16.8. The van der Waals surface area contributed by atoms with E-state index in [9.17, 15) is 4.79 Å². The molecular weight excluding hydrogens is 314 g/mol. The lowest BCUT2D eigenvalue weighted by Gasteiger charge is -2.04. The molecule has 0 saturated carbocycles. The van der Waals surface area contributed by atoms with E-state index in [1.807, 2.05) is 60.1 Å². The van der Waals surface area contributed by atoms with Crippen molar-refractivity contribution in [2.45, 2.75) is 20.3 Å². The van der Waals surface area contributed by atoms with Crippen molar-refractivity contribution in [2.24, 2.45) is 0 Å². The monoisotopic (exact) mass is 335 g/mol. The minimum atomic E-state index is -0.178. The molecule has 0 radical (unpaired) electrons. The number of rotatable bonds is 6. The summed E-state index contributed by atoms with van der Waals surface area (Å²) in [6, 6.07) is 11.4. The molecule has 25 heavy (non-hydrogen) atoms. The molecule has 3 aromatic rings. The maximum absolute atomic E-state index is 12.1. The van der Waals surface area contributed by atoms with Crippen LogP contribution in [-0.4, -0.2) is 21.9 Å². The van der Waals surface area contributed by atoms with Gasteiger partial charge in [0.25, 0.3) is 0 Å². The van der Waals surface area contributed by atoms with Crippen molar-refractivity contribution in [1.29, 1.82) is 0 Å². The molecule has 0 fully saturated rings. The van der Waals surface area contributed by atoms with E-state index in [-0.39, 0.29) is 5.91 Å². The number of carbonyl (C=O) groups excluding carboxylic acids is 1. The van der Waals surface area contributed by atoms with Crippen molar-refractivity contribution < 1.29 is 9.53 Å². The third-order valence-electron chi connectivity index (χ3n) is 3.62. The smallest absolute Gasteiger partial charge is 0.248 e. The van der Waals surface area contributed by atoms with Crippen LogP contribution >= 0.6 is 0 Å². The van der Waals surface area contributed by atoms with Gasteiger partial charge in [0.05, 0.1) is 18.0 Å². The van der Waals surface area contributed by atoms with Gasteiger partial charge in [0.2, 0.25) is 5.91 Å². The molecule has 0 aliphatic rings. The number of hydrogen-bond donors (Lipinski definition) is 1. The van der Waals surface area contributed by atoms with Gasteiger partial charge in [-0.15, -0.1) is 0 Å². The number of nitrogens with one attached hydrogen (secondary N) is 1. The van der Waals surface area contributed by atoms with E-state index >= 15 is 0 Å². The van der Waals surface area contributed by atoms with Gasteiger partial charge in [-0.2, -0.15) is 0 Å². The summed E-state index contributed by atoms with van der Waals surface area (Å²) >= 11 is 0. The zero-order valence-electron chi connectivity index (χ0n) is 14.4. The van der Waals surface area contributed by atoms with Crippen LogP contribution < -0.4 is 10.1 Å². The fourth-order valence-electron chi connectivity index (χ4n) is 2.44. The Morgan fingerprint density at radius 1 is 1.20 bits per heavy atom. The molecule has 2 aromatic heterocycles. The van der Waals surface area contributed by atoms with Crippen molar-refractivity contribution in [3.8, 4) is 5.75 Å². The predicted octanol–water partition coefficient (Wildman–Crippen LogP) is 4.08. The first-order chi connectivity index (χ1) is 12.1. The number of carbonyl (C=O) groups is 1. The van der Waals surface area contributed by atoms with E-state index in [4.69, 9.17) is 4.74 Å². The predicted molar refractivity (Wildman–Crippen MR) is 99.8 cm³/mol. The number of pyridine rings is 1. The summed E-state index contributed by atoms with van der Waals surface area (Å²) in [6.07, 6.45) is 8.04. The van der Waals surface area contributed by atoms with Gasteiger partial charge in [0.15, 0.2) is 0 Å². The lowest BCUT2D eigenvalue weighted by molar-refractivity contribution is -0.111. The first-order valence-corrected chi connectivity index (χ1v) is 8.31. The second-order valence-electron chi connectivity index (χ2n) is 5.81. The van der Waals surface area contributed by atoms with Gasteiger partial charge in [-0.25, -0.2) is 4.98 Å². The van der Waals surface area contributed by atoms with Crippen LogP contribution in [0.3, 0.4) is 0 Å². The molecule has 0 bridgehead atoms. The molecule has 0 aliphatic heterocycles. The van der Waals surface area contributed by atoms with Crippen LogP contribution in [0.15, 0.2) is 54.9 Å². The van der Waals surface area contributed by atoms with E-state index in [1.165, 1.54) is 6.08 Å². The Balaban J connectivity index is 1.61. The minimum Gasteiger partial charge on any atom is -0.494 e. The van der Waals surface area contributed by atoms with Gasteiger partial charge in [-0.05, 0) is 49.2 Å². The highest BCUT2D eigenvalue weighted by Crippen LogP contribution is 2.14. The number of anilines is 1. The van der Waals surface area contributed by atoms with Gasteiger partial charge < -0.3 is 14.5 Å². The molecular formula is C20H21N3O2. The van der Waals surface area contributed by atoms with Crippen LogP contribution in [-0.2, 0) is 4.79 Å². The fourth-order valence-corrected chi connectivity index (χ4v) is 2.44. The molecule has 5 nitrogen and oxygen atoms in total. The Labute approximate surface area is 147 Å². The standard InChI is InChI=1S/C20H21N3O2/c1-3-12-25-18-8-4-16(5-9-18)6-11-20(24)22-17-7-10-19-21-15(2)13-23(19)14-17/h4-11,13-14H,3,12H2,1-2H3,(H,22,24)/b11-6+. The van der Waals surface area contributed by atoms with Gasteiger partial charge in [-0.3, -0.25) is 4.79 Å². The molecule has 0 spiro atoms. The fraction of sp³-hybridized carbons (Fsp3) is 0.200. The van der Waals surface area contributed by atoms with E-state index < -0.39 is 0 Å². The zero-order chi connectivity index (χ0) is 17.6. The number of amides is 1. The van der Waals surface area contributed by atoms with Crippen LogP contribution in [0.1, 0.15) is 24.6 Å². The van der Waals surface area contributed by atoms with Crippen molar-refractivity contribution in [2.75, 3.05) is 11.9 Å². The summed E-state index contributed by atoms with van der Waals surface area (Å²) < 4.78 is 7.43. The summed E-state index contributed by atoms with van der Waals surface area (Å²) in [5.74, 6) is 0.662. The number of hydrogen-bond acceptors (Lipinski definition) is 3. The highest BCUT2D eigenvalue weighted by molar-refractivity contribution is 6.01. The third kappa shape index (κ3) is 4.47. The van der Waals surface area contributed by atoms with Gasteiger partial charge >= 0.3 is 0 Å². The highest BCUT2D eigenvalue weighted by atomic mass is 16.5. The van der Waals surface area contributed by atoms with E-state index in [0.717, 1.165) is 34.8 Å². The average Bonchev–Trinajstić information content (AvgIpc) is 2.98. The van der Waals surface area contributed by atoms with Crippen LogP contribution in [0.5, 0.6) is 5.75 Å². The molecule has 5 heteroatoms. The van der Waals surface area contributed by atoms with E-state index in [2.05, 4.69) is 17.2 Å². The number of nitrogens with zero attached hydrogens (tertiary/aromatic N) is 2. The molecule has 3 rings (SSSR count). The van der Waals surface area contributed by atoms with E-state index in [0.29, 0.717) is 6.61 Å². The Morgan fingerprint density at radius 2 is 2.00 bits per heavy atom. The summed E-state index contributed by atoms with van der Waals surface area (Å²) in [6.45, 7) is 4.71. The maximum Gasteiger partial charge on any atom is 0.248 e. The lowest BCUT2D eigenvalue weighted by Crippen LogP contribution is -2.08. The van der Waals surface area contributed by atoms with Crippen molar-refractivity contribution in [3.63, 3.8) is 0 Å². The van der Waals surface area contributed by atoms with Crippen LogP contribution in [0.2, 0.25) is 0 Å². The molecule has 0 atom stereocenters. The largest absolute Gasteiger partial charge is 0.494 e. The van der Waals surface area contributed by atoms with Crippen molar-refractivity contribution >= 4 is 23.3 Å². The topological polar surface area (TPSA) is 55.6 Å². The summed E-state index contributed by atoms with van der Waals surface area (Å²) in [7, 11) is 0. The van der Waals surface area contributed by atoms with Crippen LogP contribution in [0.25, 0.3) is 11.7 Å². The van der Waals surface area contributed by atoms with Crippen LogP contribution in [0.4, 0.5) is 5.69 Å². The molecule has 1 amide bonds. The van der Waals surface area contributed by atoms with E-state index in [1.54, 1.807) is 6.08 Å². The van der Waals surface area contributed by atoms with Crippen LogP contribution in [0, 0.1) is 6.92 Å². The summed E-state index contributed by atoms with van der Waals surface area (Å²) in [4.78, 5) is 16.4. The SMILES string of the molecule is CCCOc1ccc(/C=C/C(=O)Nc2ccc3nc(C)cn3c2)cc1.